The molecule has 1 amide bonds. The van der Waals surface area contributed by atoms with Crippen molar-refractivity contribution < 1.29 is 36.2 Å². The number of hydrogen-bond donors (Lipinski definition) is 1. The van der Waals surface area contributed by atoms with E-state index in [0.717, 1.165) is 18.9 Å². The Morgan fingerprint density at radius 1 is 1.12 bits per heavy atom. The number of hydrogen-bond acceptors (Lipinski definition) is 6. The average molecular weight is 492 g/mol. The average Bonchev–Trinajstić information content (AvgIpc) is 3.21. The number of carbonyl (C=O) groups excluding carboxylic acids is 1. The Labute approximate surface area is 191 Å². The van der Waals surface area contributed by atoms with Crippen LogP contribution in [-0.4, -0.2) is 41.2 Å². The van der Waals surface area contributed by atoms with Crippen molar-refractivity contribution in [1.29, 1.82) is 0 Å². The molecule has 2 aromatic rings. The number of halogens is 5. The maximum absolute atomic E-state index is 13.4. The van der Waals surface area contributed by atoms with Crippen LogP contribution in [0.4, 0.5) is 17.6 Å². The fourth-order valence-corrected chi connectivity index (χ4v) is 4.22. The molecule has 1 aromatic carbocycles. The molecule has 2 aliphatic rings. The summed E-state index contributed by atoms with van der Waals surface area (Å²) in [5.74, 6) is -0.0799. The van der Waals surface area contributed by atoms with Gasteiger partial charge in [0.2, 0.25) is 11.8 Å². The number of benzene rings is 1. The fraction of sp³-hybridized carbons (Fsp3) is 0.571. The van der Waals surface area contributed by atoms with Crippen LogP contribution < -0.4 is 10.1 Å². The van der Waals surface area contributed by atoms with Crippen molar-refractivity contribution in [2.75, 3.05) is 6.61 Å². The molecule has 0 saturated heterocycles. The first kappa shape index (κ1) is 23.7. The van der Waals surface area contributed by atoms with Gasteiger partial charge in [0.15, 0.2) is 6.61 Å². The monoisotopic (exact) mass is 491 g/mol. The van der Waals surface area contributed by atoms with E-state index < -0.39 is 18.3 Å². The molecule has 1 N–H and O–H groups in total. The molecule has 2 saturated carbocycles. The highest BCUT2D eigenvalue weighted by atomic mass is 35.5. The molecule has 0 unspecified atom stereocenters. The van der Waals surface area contributed by atoms with E-state index in [4.69, 9.17) is 20.8 Å². The number of aromatic nitrogens is 2. The zero-order chi connectivity index (χ0) is 23.6. The molecule has 0 aliphatic heterocycles. The fourth-order valence-electron chi connectivity index (χ4n) is 4.10. The summed E-state index contributed by atoms with van der Waals surface area (Å²) in [5, 5.41) is 11.0. The molecular weight excluding hydrogens is 470 g/mol. The van der Waals surface area contributed by atoms with Crippen LogP contribution in [0, 0.1) is 5.82 Å². The summed E-state index contributed by atoms with van der Waals surface area (Å²) in [5.41, 5.74) is 0. The number of alkyl halides is 3. The minimum Gasteiger partial charge on any atom is -0.484 e. The van der Waals surface area contributed by atoms with Crippen molar-refractivity contribution in [1.82, 2.24) is 15.5 Å². The zero-order valence-electron chi connectivity index (χ0n) is 17.4. The Morgan fingerprint density at radius 3 is 2.42 bits per heavy atom. The number of rotatable bonds is 7. The van der Waals surface area contributed by atoms with Crippen molar-refractivity contribution in [3.05, 3.63) is 40.8 Å². The second-order valence-electron chi connectivity index (χ2n) is 8.31. The van der Waals surface area contributed by atoms with Crippen molar-refractivity contribution in [2.24, 2.45) is 0 Å². The summed E-state index contributed by atoms with van der Waals surface area (Å²) in [6.07, 6.45) is -2.25. The summed E-state index contributed by atoms with van der Waals surface area (Å²) in [6, 6.07) is 3.92. The van der Waals surface area contributed by atoms with E-state index in [1.807, 2.05) is 0 Å². The Morgan fingerprint density at radius 2 is 1.79 bits per heavy atom. The molecule has 1 heterocycles. The summed E-state index contributed by atoms with van der Waals surface area (Å²) >= 11 is 5.61. The Balaban J connectivity index is 1.18. The number of nitrogens with zero attached hydrogens (tertiary/aromatic N) is 2. The second-order valence-corrected chi connectivity index (χ2v) is 8.72. The summed E-state index contributed by atoms with van der Waals surface area (Å²) < 4.78 is 65.1. The van der Waals surface area contributed by atoms with Gasteiger partial charge in [0.05, 0.1) is 11.1 Å². The minimum absolute atomic E-state index is 0.0238. The molecule has 2 fully saturated rings. The van der Waals surface area contributed by atoms with E-state index in [2.05, 4.69) is 20.3 Å². The number of ether oxygens (including phenoxy) is 2. The third-order valence-corrected chi connectivity index (χ3v) is 6.21. The van der Waals surface area contributed by atoms with Gasteiger partial charge in [-0.1, -0.05) is 11.6 Å². The molecule has 33 heavy (non-hydrogen) atoms. The number of nitrogens with one attached hydrogen (secondary N) is 1. The minimum atomic E-state index is -4.64. The van der Waals surface area contributed by atoms with Crippen molar-refractivity contribution in [3.8, 4) is 5.75 Å². The van der Waals surface area contributed by atoms with Gasteiger partial charge in [-0.05, 0) is 50.7 Å². The smallest absolute Gasteiger partial charge is 0.484 e. The van der Waals surface area contributed by atoms with Gasteiger partial charge in [0, 0.05) is 23.9 Å². The first-order valence-corrected chi connectivity index (χ1v) is 11.0. The first-order chi connectivity index (χ1) is 15.7. The van der Waals surface area contributed by atoms with E-state index in [1.54, 1.807) is 0 Å². The largest absolute Gasteiger partial charge is 0.522 e. The highest BCUT2D eigenvalue weighted by molar-refractivity contribution is 6.30. The quantitative estimate of drug-likeness (QED) is 0.556. The lowest BCUT2D eigenvalue weighted by atomic mass is 9.82. The topological polar surface area (TPSA) is 86.5 Å². The van der Waals surface area contributed by atoms with E-state index in [1.165, 1.54) is 12.1 Å². The normalized spacial score (nSPS) is 25.4. The summed E-state index contributed by atoms with van der Waals surface area (Å²) in [6.45, 7) is -0.242. The molecule has 0 spiro atoms. The lowest BCUT2D eigenvalue weighted by molar-refractivity contribution is -0.352. The molecule has 1 aromatic heterocycles. The predicted octanol–water partition coefficient (Wildman–Crippen LogP) is 4.87. The van der Waals surface area contributed by atoms with Gasteiger partial charge in [-0.3, -0.25) is 9.53 Å². The maximum Gasteiger partial charge on any atom is 0.522 e. The third kappa shape index (κ3) is 6.35. The van der Waals surface area contributed by atoms with Crippen LogP contribution >= 0.6 is 11.6 Å². The lowest BCUT2D eigenvalue weighted by Crippen LogP contribution is -2.39. The van der Waals surface area contributed by atoms with Crippen LogP contribution in [0.2, 0.25) is 5.02 Å². The molecule has 0 atom stereocenters. The standard InChI is InChI=1S/C21H22ClF4N3O4/c22-16-6-5-14(9-17(16)23)31-10-18(30)27-13-3-1-11(2-4-13)19-28-29-20(32-19)12-7-15(8-12)33-21(24,25)26/h5-6,9,11-13,15H,1-4,7-8,10H2,(H,27,30). The molecule has 2 aliphatic carbocycles. The van der Waals surface area contributed by atoms with E-state index in [0.29, 0.717) is 24.6 Å². The van der Waals surface area contributed by atoms with Gasteiger partial charge in [-0.2, -0.15) is 0 Å². The van der Waals surface area contributed by atoms with Crippen LogP contribution in [0.5, 0.6) is 5.75 Å². The zero-order valence-corrected chi connectivity index (χ0v) is 18.2. The third-order valence-electron chi connectivity index (χ3n) is 5.90. The van der Waals surface area contributed by atoms with Crippen molar-refractivity contribution in [2.45, 2.75) is 68.9 Å². The van der Waals surface area contributed by atoms with E-state index >= 15 is 0 Å². The first-order valence-electron chi connectivity index (χ1n) is 10.6. The van der Waals surface area contributed by atoms with Gasteiger partial charge in [0.25, 0.3) is 5.91 Å². The van der Waals surface area contributed by atoms with Gasteiger partial charge in [0.1, 0.15) is 11.6 Å². The van der Waals surface area contributed by atoms with E-state index in [9.17, 15) is 22.4 Å². The SMILES string of the molecule is O=C(COc1ccc(Cl)c(F)c1)NC1CCC(c2nnc(C3CC(OC(F)(F)F)C3)o2)CC1. The van der Waals surface area contributed by atoms with Crippen molar-refractivity contribution >= 4 is 17.5 Å². The summed E-state index contributed by atoms with van der Waals surface area (Å²) in [4.78, 5) is 12.1. The molecule has 0 radical (unpaired) electrons. The highest BCUT2D eigenvalue weighted by Crippen LogP contribution is 2.42. The summed E-state index contributed by atoms with van der Waals surface area (Å²) in [7, 11) is 0. The molecular formula is C21H22ClF4N3O4. The Kier molecular flexibility index (Phi) is 7.08. The number of amides is 1. The molecule has 180 valence electrons. The Bertz CT molecular complexity index is 973. The van der Waals surface area contributed by atoms with Gasteiger partial charge >= 0.3 is 6.36 Å². The molecule has 7 nitrogen and oxygen atoms in total. The van der Waals surface area contributed by atoms with Crippen LogP contribution in [0.25, 0.3) is 0 Å². The van der Waals surface area contributed by atoms with Gasteiger partial charge < -0.3 is 14.5 Å². The van der Waals surface area contributed by atoms with Crippen LogP contribution in [0.3, 0.4) is 0 Å². The van der Waals surface area contributed by atoms with Gasteiger partial charge in [-0.25, -0.2) is 4.39 Å². The predicted molar refractivity (Wildman–Crippen MR) is 107 cm³/mol. The lowest BCUT2D eigenvalue weighted by Gasteiger charge is -2.33. The molecule has 4 rings (SSSR count). The maximum atomic E-state index is 13.4. The second kappa shape index (κ2) is 9.84. The van der Waals surface area contributed by atoms with Crippen LogP contribution in [0.1, 0.15) is 62.1 Å². The van der Waals surface area contributed by atoms with E-state index in [-0.39, 0.29) is 54.0 Å². The van der Waals surface area contributed by atoms with Gasteiger partial charge in [-0.15, -0.1) is 23.4 Å². The van der Waals surface area contributed by atoms with Crippen molar-refractivity contribution in [3.63, 3.8) is 0 Å². The van der Waals surface area contributed by atoms with Crippen LogP contribution in [-0.2, 0) is 9.53 Å². The van der Waals surface area contributed by atoms with Crippen LogP contribution in [0.15, 0.2) is 22.6 Å². The Hall–Kier alpha value is -2.40. The number of carbonyl (C=O) groups is 1. The molecule has 12 heteroatoms. The highest BCUT2D eigenvalue weighted by Gasteiger charge is 2.42. The molecule has 0 bridgehead atoms.